The van der Waals surface area contributed by atoms with Gasteiger partial charge in [0.1, 0.15) is 23.6 Å². The summed E-state index contributed by atoms with van der Waals surface area (Å²) in [6.45, 7) is 1.85. The van der Waals surface area contributed by atoms with Crippen LogP contribution in [0.3, 0.4) is 0 Å². The molecule has 7 nitrogen and oxygen atoms in total. The zero-order valence-corrected chi connectivity index (χ0v) is 12.9. The van der Waals surface area contributed by atoms with Gasteiger partial charge in [0.25, 0.3) is 0 Å². The van der Waals surface area contributed by atoms with Crippen LogP contribution in [-0.2, 0) is 0 Å². The molecule has 3 heterocycles. The molecule has 23 heavy (non-hydrogen) atoms. The number of aromatic nitrogens is 6. The molecule has 0 bridgehead atoms. The molecule has 4 aromatic rings. The fourth-order valence-corrected chi connectivity index (χ4v) is 2.55. The second-order valence-electron chi connectivity index (χ2n) is 5.02. The fourth-order valence-electron chi connectivity index (χ4n) is 2.38. The van der Waals surface area contributed by atoms with Crippen molar-refractivity contribution >= 4 is 34.1 Å². The van der Waals surface area contributed by atoms with Crippen molar-refractivity contribution in [2.45, 2.75) is 6.92 Å². The van der Waals surface area contributed by atoms with E-state index in [1.54, 1.807) is 6.07 Å². The van der Waals surface area contributed by atoms with E-state index in [0.717, 1.165) is 28.1 Å². The van der Waals surface area contributed by atoms with Crippen molar-refractivity contribution in [3.63, 3.8) is 0 Å². The van der Waals surface area contributed by atoms with Crippen LogP contribution in [0.2, 0.25) is 5.02 Å². The highest BCUT2D eigenvalue weighted by molar-refractivity contribution is 6.31. The molecule has 0 atom stereocenters. The third kappa shape index (κ3) is 2.51. The molecule has 0 fully saturated rings. The first-order valence-corrected chi connectivity index (χ1v) is 7.32. The Labute approximate surface area is 136 Å². The Kier molecular flexibility index (Phi) is 3.20. The Balaban J connectivity index is 1.82. The summed E-state index contributed by atoms with van der Waals surface area (Å²) >= 11 is 6.15. The van der Waals surface area contributed by atoms with E-state index in [-0.39, 0.29) is 0 Å². The molecule has 1 aromatic carbocycles. The molecular formula is C15H12ClN7. The lowest BCUT2D eigenvalue weighted by Gasteiger charge is -2.10. The average Bonchev–Trinajstić information content (AvgIpc) is 3.17. The van der Waals surface area contributed by atoms with Gasteiger partial charge in [-0.25, -0.2) is 15.0 Å². The number of nitrogens with one attached hydrogen (secondary N) is 3. The molecule has 0 amide bonds. The van der Waals surface area contributed by atoms with Gasteiger partial charge in [0.2, 0.25) is 0 Å². The molecule has 0 aliphatic rings. The molecule has 0 aliphatic heterocycles. The second-order valence-corrected chi connectivity index (χ2v) is 5.46. The van der Waals surface area contributed by atoms with E-state index in [0.29, 0.717) is 16.7 Å². The van der Waals surface area contributed by atoms with Crippen LogP contribution in [0.5, 0.6) is 0 Å². The van der Waals surface area contributed by atoms with Crippen LogP contribution in [0.1, 0.15) is 5.82 Å². The van der Waals surface area contributed by atoms with Gasteiger partial charge in [-0.15, -0.1) is 0 Å². The number of anilines is 2. The molecular weight excluding hydrogens is 314 g/mol. The third-order valence-electron chi connectivity index (χ3n) is 3.43. The molecule has 0 saturated heterocycles. The summed E-state index contributed by atoms with van der Waals surface area (Å²) < 4.78 is 0. The molecule has 4 rings (SSSR count). The monoisotopic (exact) mass is 325 g/mol. The smallest absolute Gasteiger partial charge is 0.183 e. The average molecular weight is 326 g/mol. The lowest BCUT2D eigenvalue weighted by Crippen LogP contribution is -1.98. The normalized spacial score (nSPS) is 11.0. The zero-order chi connectivity index (χ0) is 15.8. The van der Waals surface area contributed by atoms with Gasteiger partial charge in [0.05, 0.1) is 11.1 Å². The minimum Gasteiger partial charge on any atom is -0.346 e. The van der Waals surface area contributed by atoms with E-state index >= 15 is 0 Å². The summed E-state index contributed by atoms with van der Waals surface area (Å²) in [5, 5.41) is 11.9. The summed E-state index contributed by atoms with van der Waals surface area (Å²) in [6.07, 6.45) is 3.32. The minimum atomic E-state index is 0.598. The van der Waals surface area contributed by atoms with Crippen molar-refractivity contribution in [3.8, 4) is 11.4 Å². The molecule has 0 saturated carbocycles. The van der Waals surface area contributed by atoms with Gasteiger partial charge in [0.15, 0.2) is 5.82 Å². The SMILES string of the molecule is Cc1nc(-c2ccc(Cl)cc2Nc2ncnc3[nH]ccc23)n[nH]1. The second kappa shape index (κ2) is 5.36. The zero-order valence-electron chi connectivity index (χ0n) is 12.1. The number of benzene rings is 1. The first kappa shape index (κ1) is 13.7. The molecule has 3 N–H and O–H groups in total. The van der Waals surface area contributed by atoms with Gasteiger partial charge in [-0.1, -0.05) is 11.6 Å². The molecule has 114 valence electrons. The summed E-state index contributed by atoms with van der Waals surface area (Å²) in [6, 6.07) is 7.42. The Hall–Kier alpha value is -2.93. The van der Waals surface area contributed by atoms with E-state index in [2.05, 4.69) is 35.5 Å². The van der Waals surface area contributed by atoms with Gasteiger partial charge in [0, 0.05) is 16.8 Å². The number of rotatable bonds is 3. The summed E-state index contributed by atoms with van der Waals surface area (Å²) in [5.41, 5.74) is 2.37. The standard InChI is InChI=1S/C15H12ClN7/c1-8-20-15(23-22-8)10-3-2-9(16)6-12(10)21-14-11-4-5-17-13(11)18-7-19-14/h2-7H,1H3,(H,20,22,23)(H2,17,18,19,21). The van der Waals surface area contributed by atoms with Gasteiger partial charge >= 0.3 is 0 Å². The predicted octanol–water partition coefficient (Wildman–Crippen LogP) is 3.45. The Morgan fingerprint density at radius 2 is 2.09 bits per heavy atom. The Morgan fingerprint density at radius 1 is 1.17 bits per heavy atom. The third-order valence-corrected chi connectivity index (χ3v) is 3.66. The van der Waals surface area contributed by atoms with Crippen LogP contribution in [-0.4, -0.2) is 30.1 Å². The molecule has 8 heteroatoms. The van der Waals surface area contributed by atoms with Crippen LogP contribution >= 0.6 is 11.6 Å². The molecule has 3 aromatic heterocycles. The van der Waals surface area contributed by atoms with Crippen molar-refractivity contribution < 1.29 is 0 Å². The van der Waals surface area contributed by atoms with Crippen molar-refractivity contribution in [2.24, 2.45) is 0 Å². The molecule has 0 aliphatic carbocycles. The maximum atomic E-state index is 6.15. The topological polar surface area (TPSA) is 95.2 Å². The van der Waals surface area contributed by atoms with Crippen LogP contribution in [0, 0.1) is 6.92 Å². The molecule has 0 unspecified atom stereocenters. The lowest BCUT2D eigenvalue weighted by atomic mass is 10.1. The van der Waals surface area contributed by atoms with Crippen molar-refractivity contribution in [1.82, 2.24) is 30.1 Å². The number of aromatic amines is 2. The maximum absolute atomic E-state index is 6.15. The van der Waals surface area contributed by atoms with Crippen LogP contribution in [0.15, 0.2) is 36.8 Å². The Morgan fingerprint density at radius 3 is 2.91 bits per heavy atom. The highest BCUT2D eigenvalue weighted by Crippen LogP contribution is 2.32. The minimum absolute atomic E-state index is 0.598. The number of H-pyrrole nitrogens is 2. The quantitative estimate of drug-likeness (QED) is 0.536. The van der Waals surface area contributed by atoms with E-state index < -0.39 is 0 Å². The van der Waals surface area contributed by atoms with E-state index in [4.69, 9.17) is 11.6 Å². The van der Waals surface area contributed by atoms with Gasteiger partial charge in [-0.05, 0) is 31.2 Å². The van der Waals surface area contributed by atoms with Crippen molar-refractivity contribution in [2.75, 3.05) is 5.32 Å². The predicted molar refractivity (Wildman–Crippen MR) is 88.7 cm³/mol. The van der Waals surface area contributed by atoms with Crippen molar-refractivity contribution in [1.29, 1.82) is 0 Å². The number of aryl methyl sites for hydroxylation is 1. The summed E-state index contributed by atoms with van der Waals surface area (Å²) in [7, 11) is 0. The van der Waals surface area contributed by atoms with Crippen LogP contribution in [0.25, 0.3) is 22.4 Å². The van der Waals surface area contributed by atoms with Gasteiger partial charge in [-0.2, -0.15) is 5.10 Å². The van der Waals surface area contributed by atoms with Crippen LogP contribution < -0.4 is 5.32 Å². The number of hydrogen-bond donors (Lipinski definition) is 3. The Bertz CT molecular complexity index is 988. The highest BCUT2D eigenvalue weighted by atomic mass is 35.5. The van der Waals surface area contributed by atoms with Crippen LogP contribution in [0.4, 0.5) is 11.5 Å². The van der Waals surface area contributed by atoms with E-state index in [9.17, 15) is 0 Å². The first-order valence-electron chi connectivity index (χ1n) is 6.95. The number of fused-ring (bicyclic) bond motifs is 1. The first-order chi connectivity index (χ1) is 11.2. The highest BCUT2D eigenvalue weighted by Gasteiger charge is 2.13. The van der Waals surface area contributed by atoms with E-state index in [1.165, 1.54) is 6.33 Å². The molecule has 0 radical (unpaired) electrons. The van der Waals surface area contributed by atoms with E-state index in [1.807, 2.05) is 31.3 Å². The number of hydrogen-bond acceptors (Lipinski definition) is 5. The number of halogens is 1. The lowest BCUT2D eigenvalue weighted by molar-refractivity contribution is 1.04. The summed E-state index contributed by atoms with van der Waals surface area (Å²) in [4.78, 5) is 15.9. The van der Waals surface area contributed by atoms with Gasteiger partial charge in [-0.3, -0.25) is 5.10 Å². The van der Waals surface area contributed by atoms with Crippen molar-refractivity contribution in [3.05, 3.63) is 47.6 Å². The maximum Gasteiger partial charge on any atom is 0.183 e. The summed E-state index contributed by atoms with van der Waals surface area (Å²) in [5.74, 6) is 2.03. The largest absolute Gasteiger partial charge is 0.346 e. The number of nitrogens with zero attached hydrogens (tertiary/aromatic N) is 4. The molecule has 0 spiro atoms. The fraction of sp³-hybridized carbons (Fsp3) is 0.0667. The van der Waals surface area contributed by atoms with Gasteiger partial charge < -0.3 is 10.3 Å².